The van der Waals surface area contributed by atoms with Crippen LogP contribution in [0.2, 0.25) is 5.02 Å². The van der Waals surface area contributed by atoms with Crippen LogP contribution in [0.1, 0.15) is 36.3 Å². The highest BCUT2D eigenvalue weighted by molar-refractivity contribution is 6.31. The van der Waals surface area contributed by atoms with Crippen molar-refractivity contribution in [3.63, 3.8) is 0 Å². The highest BCUT2D eigenvalue weighted by Gasteiger charge is 2.33. The number of hydrogen-bond acceptors (Lipinski definition) is 3. The Bertz CT molecular complexity index is 840. The van der Waals surface area contributed by atoms with Crippen LogP contribution < -0.4 is 5.32 Å². The standard InChI is InChI=1S/C23H28ClFN2O2/c1-27(2)18(12-17-10-11-20(28)23(25)22(17)24)14-26-21(29)13-19(16-8-9-16)15-6-4-3-5-7-15/h3-7,10-11,16,18-19,28H,8-9,12-14H2,1-2H3,(H,26,29)/t18-,19+/m0/s1. The fourth-order valence-electron chi connectivity index (χ4n) is 3.69. The molecule has 0 radical (unpaired) electrons. The molecule has 0 aliphatic heterocycles. The maximum atomic E-state index is 13.9. The molecule has 3 rings (SSSR count). The Balaban J connectivity index is 1.60. The Morgan fingerprint density at radius 3 is 2.55 bits per heavy atom. The van der Waals surface area contributed by atoms with Crippen molar-refractivity contribution in [2.75, 3.05) is 20.6 Å². The number of halogens is 2. The number of nitrogens with zero attached hydrogens (tertiary/aromatic N) is 1. The molecule has 1 fully saturated rings. The van der Waals surface area contributed by atoms with E-state index in [4.69, 9.17) is 11.6 Å². The monoisotopic (exact) mass is 418 g/mol. The molecular formula is C23H28ClFN2O2. The molecule has 0 bridgehead atoms. The van der Waals surface area contributed by atoms with Crippen LogP contribution in [-0.4, -0.2) is 42.6 Å². The molecule has 2 N–H and O–H groups in total. The second-order valence-electron chi connectivity index (χ2n) is 8.06. The number of benzene rings is 2. The number of phenols is 1. The van der Waals surface area contributed by atoms with Crippen LogP contribution in [0.25, 0.3) is 0 Å². The maximum absolute atomic E-state index is 13.9. The topological polar surface area (TPSA) is 52.6 Å². The molecule has 0 spiro atoms. The number of aromatic hydroxyl groups is 1. The Labute approximate surface area is 176 Å². The highest BCUT2D eigenvalue weighted by atomic mass is 35.5. The molecule has 1 aliphatic carbocycles. The smallest absolute Gasteiger partial charge is 0.220 e. The summed E-state index contributed by atoms with van der Waals surface area (Å²) >= 11 is 6.05. The van der Waals surface area contributed by atoms with Gasteiger partial charge in [0.2, 0.25) is 5.91 Å². The summed E-state index contributed by atoms with van der Waals surface area (Å²) in [5, 5.41) is 12.4. The van der Waals surface area contributed by atoms with Crippen molar-refractivity contribution in [1.82, 2.24) is 10.2 Å². The minimum absolute atomic E-state index is 0.0283. The number of rotatable bonds is 9. The van der Waals surface area contributed by atoms with E-state index in [9.17, 15) is 14.3 Å². The lowest BCUT2D eigenvalue weighted by molar-refractivity contribution is -0.121. The number of carbonyl (C=O) groups excluding carboxylic acids is 1. The molecule has 2 atom stereocenters. The molecular weight excluding hydrogens is 391 g/mol. The van der Waals surface area contributed by atoms with Gasteiger partial charge in [-0.2, -0.15) is 0 Å². The fraction of sp³-hybridized carbons (Fsp3) is 0.435. The van der Waals surface area contributed by atoms with Gasteiger partial charge in [-0.15, -0.1) is 0 Å². The van der Waals surface area contributed by atoms with Gasteiger partial charge in [0.15, 0.2) is 11.6 Å². The van der Waals surface area contributed by atoms with Gasteiger partial charge in [-0.1, -0.05) is 48.0 Å². The summed E-state index contributed by atoms with van der Waals surface area (Å²) in [5.74, 6) is -0.386. The van der Waals surface area contributed by atoms with Crippen LogP contribution in [0, 0.1) is 11.7 Å². The SMILES string of the molecule is CN(C)[C@H](CNC(=O)C[C@H](c1ccccc1)C1CC1)Cc1ccc(O)c(F)c1Cl. The van der Waals surface area contributed by atoms with E-state index in [1.165, 1.54) is 24.5 Å². The number of phenolic OH excluding ortho intramolecular Hbond substituents is 1. The van der Waals surface area contributed by atoms with Crippen LogP contribution >= 0.6 is 11.6 Å². The van der Waals surface area contributed by atoms with E-state index in [0.717, 1.165) is 0 Å². The molecule has 1 aliphatic rings. The third kappa shape index (κ3) is 5.71. The molecule has 0 aromatic heterocycles. The number of hydrogen-bond donors (Lipinski definition) is 2. The zero-order chi connectivity index (χ0) is 21.0. The van der Waals surface area contributed by atoms with Gasteiger partial charge in [-0.3, -0.25) is 4.79 Å². The van der Waals surface area contributed by atoms with Gasteiger partial charge >= 0.3 is 0 Å². The van der Waals surface area contributed by atoms with E-state index >= 15 is 0 Å². The van der Waals surface area contributed by atoms with Crippen molar-refractivity contribution >= 4 is 17.5 Å². The van der Waals surface area contributed by atoms with Crippen molar-refractivity contribution in [2.24, 2.45) is 5.92 Å². The first-order chi connectivity index (χ1) is 13.9. The second kappa shape index (κ2) is 9.59. The van der Waals surface area contributed by atoms with Gasteiger partial charge in [0.1, 0.15) is 0 Å². The summed E-state index contributed by atoms with van der Waals surface area (Å²) in [6.45, 7) is 0.441. The third-order valence-corrected chi connectivity index (χ3v) is 6.10. The molecule has 0 heterocycles. The van der Waals surface area contributed by atoms with Crippen LogP contribution in [-0.2, 0) is 11.2 Å². The van der Waals surface area contributed by atoms with Gasteiger partial charge in [0.25, 0.3) is 0 Å². The second-order valence-corrected chi connectivity index (χ2v) is 8.43. The van der Waals surface area contributed by atoms with E-state index in [-0.39, 0.29) is 22.9 Å². The Kier molecular flexibility index (Phi) is 7.14. The molecule has 2 aromatic rings. The Morgan fingerprint density at radius 1 is 1.24 bits per heavy atom. The fourth-order valence-corrected chi connectivity index (χ4v) is 3.92. The predicted molar refractivity (Wildman–Crippen MR) is 114 cm³/mol. The van der Waals surface area contributed by atoms with Gasteiger partial charge in [0.05, 0.1) is 5.02 Å². The summed E-state index contributed by atoms with van der Waals surface area (Å²) in [7, 11) is 3.83. The number of nitrogens with one attached hydrogen (secondary N) is 1. The maximum Gasteiger partial charge on any atom is 0.220 e. The molecule has 1 saturated carbocycles. The third-order valence-electron chi connectivity index (χ3n) is 5.69. The molecule has 1 amide bonds. The quantitative estimate of drug-likeness (QED) is 0.636. The molecule has 6 heteroatoms. The van der Waals surface area contributed by atoms with Crippen molar-refractivity contribution in [3.05, 3.63) is 64.4 Å². The number of carbonyl (C=O) groups is 1. The first kappa shape index (κ1) is 21.6. The van der Waals surface area contributed by atoms with E-state index in [0.29, 0.717) is 30.9 Å². The van der Waals surface area contributed by atoms with Crippen molar-refractivity contribution in [1.29, 1.82) is 0 Å². The lowest BCUT2D eigenvalue weighted by Gasteiger charge is -2.26. The van der Waals surface area contributed by atoms with E-state index < -0.39 is 11.6 Å². The normalized spacial score (nSPS) is 15.9. The summed E-state index contributed by atoms with van der Waals surface area (Å²) < 4.78 is 13.9. The van der Waals surface area contributed by atoms with E-state index in [1.54, 1.807) is 6.07 Å². The van der Waals surface area contributed by atoms with Crippen molar-refractivity contribution < 1.29 is 14.3 Å². The summed E-state index contributed by atoms with van der Waals surface area (Å²) in [4.78, 5) is 14.6. The van der Waals surface area contributed by atoms with Crippen molar-refractivity contribution in [3.8, 4) is 5.75 Å². The Morgan fingerprint density at radius 2 is 1.93 bits per heavy atom. The Hall–Kier alpha value is -2.11. The van der Waals surface area contributed by atoms with Gasteiger partial charge < -0.3 is 15.3 Å². The lowest BCUT2D eigenvalue weighted by atomic mass is 9.90. The zero-order valence-corrected chi connectivity index (χ0v) is 17.6. The number of amides is 1. The number of likely N-dealkylation sites (N-methyl/N-ethyl adjacent to an activating group) is 1. The predicted octanol–water partition coefficient (Wildman–Crippen LogP) is 4.36. The van der Waals surface area contributed by atoms with Gasteiger partial charge in [-0.05, 0) is 62.4 Å². The largest absolute Gasteiger partial charge is 0.505 e. The zero-order valence-electron chi connectivity index (χ0n) is 16.9. The molecule has 156 valence electrons. The van der Waals surface area contributed by atoms with Gasteiger partial charge in [0, 0.05) is 19.0 Å². The van der Waals surface area contributed by atoms with Gasteiger partial charge in [-0.25, -0.2) is 4.39 Å². The minimum Gasteiger partial charge on any atom is -0.505 e. The lowest BCUT2D eigenvalue weighted by Crippen LogP contribution is -2.42. The summed E-state index contributed by atoms with van der Waals surface area (Å²) in [5.41, 5.74) is 1.83. The average molecular weight is 419 g/mol. The first-order valence-corrected chi connectivity index (χ1v) is 10.4. The van der Waals surface area contributed by atoms with Crippen LogP contribution in [0.4, 0.5) is 4.39 Å². The molecule has 4 nitrogen and oxygen atoms in total. The van der Waals surface area contributed by atoms with Crippen LogP contribution in [0.3, 0.4) is 0 Å². The molecule has 0 unspecified atom stereocenters. The minimum atomic E-state index is -0.805. The average Bonchev–Trinajstić information content (AvgIpc) is 3.54. The summed E-state index contributed by atoms with van der Waals surface area (Å²) in [6.07, 6.45) is 3.30. The highest BCUT2D eigenvalue weighted by Crippen LogP contribution is 2.44. The molecule has 0 saturated heterocycles. The van der Waals surface area contributed by atoms with Crippen LogP contribution in [0.5, 0.6) is 5.75 Å². The first-order valence-electron chi connectivity index (χ1n) is 10.0. The molecule has 29 heavy (non-hydrogen) atoms. The summed E-state index contributed by atoms with van der Waals surface area (Å²) in [6, 6.07) is 13.1. The van der Waals surface area contributed by atoms with E-state index in [1.807, 2.05) is 37.2 Å². The van der Waals surface area contributed by atoms with Crippen molar-refractivity contribution in [2.45, 2.75) is 37.6 Å². The van der Waals surface area contributed by atoms with E-state index in [2.05, 4.69) is 17.4 Å². The van der Waals surface area contributed by atoms with Crippen LogP contribution in [0.15, 0.2) is 42.5 Å². The molecule has 2 aromatic carbocycles.